The molecule has 29 heteroatoms. The van der Waals surface area contributed by atoms with Gasteiger partial charge in [-0.1, -0.05) is 48.5 Å². The zero-order chi connectivity index (χ0) is 58.4. The zero-order valence-corrected chi connectivity index (χ0v) is 41.0. The summed E-state index contributed by atoms with van der Waals surface area (Å²) in [5, 5.41) is 0.234. The molecule has 10 rings (SSSR count). The number of carbonyl (C=O) groups excluding carboxylic acids is 4. The molecule has 0 radical (unpaired) electrons. The van der Waals surface area contributed by atoms with E-state index in [2.05, 4.69) is 9.47 Å². The van der Waals surface area contributed by atoms with Crippen LogP contribution in [-0.4, -0.2) is 62.4 Å². The van der Waals surface area contributed by atoms with Crippen LogP contribution in [-0.2, 0) is 47.5 Å². The molecule has 0 bridgehead atoms. The molecule has 0 fully saturated rings. The lowest BCUT2D eigenvalue weighted by Gasteiger charge is -2.26. The van der Waals surface area contributed by atoms with Gasteiger partial charge >= 0.3 is 29.1 Å². The molecule has 0 N–H and O–H groups in total. The normalized spacial score (nSPS) is 16.0. The monoisotopic (exact) mass is 1180 g/mol. The van der Waals surface area contributed by atoms with Crippen LogP contribution in [0.2, 0.25) is 0 Å². The molecule has 0 aliphatic heterocycles. The Kier molecular flexibility index (Phi) is 17.1. The number of benzene rings is 6. The molecule has 2 atom stereocenters. The molecule has 0 saturated carbocycles. The number of thiophene rings is 2. The second-order valence-electron chi connectivity index (χ2n) is 16.2. The number of methoxy groups -OCH3 is 2. The van der Waals surface area contributed by atoms with Crippen molar-refractivity contribution >= 4 is 95.8 Å². The Labute approximate surface area is 432 Å². The summed E-state index contributed by atoms with van der Waals surface area (Å²) in [5.74, 6) is -13.5. The fraction of sp³-hybridized carbons (Fsp3) is 0.184. The molecule has 414 valence electrons. The highest BCUT2D eigenvalue weighted by Crippen LogP contribution is 2.55. The van der Waals surface area contributed by atoms with Crippen molar-refractivity contribution in [1.82, 2.24) is 0 Å². The smallest absolute Gasteiger partial charge is 0.601 e. The Morgan fingerprint density at radius 3 is 1.35 bits per heavy atom. The number of esters is 2. The summed E-state index contributed by atoms with van der Waals surface area (Å²) in [4.78, 5) is 46.4. The van der Waals surface area contributed by atoms with Gasteiger partial charge in [0.25, 0.3) is 0 Å². The number of carbonyl (C=O) groups is 4. The van der Waals surface area contributed by atoms with Gasteiger partial charge in [-0.05, 0) is 53.9 Å². The van der Waals surface area contributed by atoms with Crippen LogP contribution in [0, 0.1) is 57.9 Å². The van der Waals surface area contributed by atoms with Gasteiger partial charge in [-0.3, -0.25) is 19.2 Å². The molecule has 0 amide bonds. The largest absolute Gasteiger partial charge is 0.741 e. The van der Waals surface area contributed by atoms with Gasteiger partial charge in [0.1, 0.15) is 16.4 Å². The Bertz CT molecular complexity index is 3680. The van der Waals surface area contributed by atoms with Gasteiger partial charge in [0, 0.05) is 49.9 Å². The molecule has 8 aromatic rings. The molecule has 2 aliphatic carbocycles. The van der Waals surface area contributed by atoms with E-state index in [0.717, 1.165) is 48.3 Å². The average molecular weight is 1180 g/mol. The maximum atomic E-state index is 13.3. The molecule has 78 heavy (non-hydrogen) atoms. The van der Waals surface area contributed by atoms with Crippen LogP contribution in [0.1, 0.15) is 31.8 Å². The lowest BCUT2D eigenvalue weighted by atomic mass is 9.83. The van der Waals surface area contributed by atoms with E-state index < -0.39 is 129 Å². The van der Waals surface area contributed by atoms with E-state index in [4.69, 9.17) is 13.0 Å². The van der Waals surface area contributed by atoms with E-state index in [1.807, 2.05) is 12.1 Å². The molecule has 2 aromatic heterocycles. The van der Waals surface area contributed by atoms with Crippen molar-refractivity contribution in [3.63, 3.8) is 0 Å². The molecule has 9 nitrogen and oxygen atoms in total. The first kappa shape index (κ1) is 60.0. The summed E-state index contributed by atoms with van der Waals surface area (Å²) < 4.78 is 252. The fourth-order valence-electron chi connectivity index (χ4n) is 7.90. The van der Waals surface area contributed by atoms with E-state index in [-0.39, 0.29) is 27.7 Å². The minimum atomic E-state index is -6.09. The highest BCUT2D eigenvalue weighted by atomic mass is 32.2. The maximum absolute atomic E-state index is 13.3. The predicted octanol–water partition coefficient (Wildman–Crippen LogP) is 13.8. The molecule has 6 aromatic carbocycles. The molecular formula is C49H27F17O9S3. The maximum Gasteiger partial charge on any atom is 0.601 e. The summed E-state index contributed by atoms with van der Waals surface area (Å²) in [6.45, 7) is 0. The van der Waals surface area contributed by atoms with E-state index in [0.29, 0.717) is 56.4 Å². The second kappa shape index (κ2) is 22.2. The minimum Gasteiger partial charge on any atom is -0.741 e. The highest BCUT2D eigenvalue weighted by molar-refractivity contribution is 7.86. The number of alkyl halides is 9. The summed E-state index contributed by atoms with van der Waals surface area (Å²) in [6.07, 6.45) is -5.20. The third kappa shape index (κ3) is 11.8. The first-order valence-electron chi connectivity index (χ1n) is 21.0. The van der Waals surface area contributed by atoms with Crippen molar-refractivity contribution in [1.29, 1.82) is 0 Å². The van der Waals surface area contributed by atoms with Gasteiger partial charge in [0.2, 0.25) is 5.41 Å². The Balaban J connectivity index is 0.000000162. The summed E-state index contributed by atoms with van der Waals surface area (Å²) in [7, 11) is -6.59. The lowest BCUT2D eigenvalue weighted by Crippen LogP contribution is -2.50. The van der Waals surface area contributed by atoms with Gasteiger partial charge < -0.3 is 14.0 Å². The zero-order valence-electron chi connectivity index (χ0n) is 38.6. The topological polar surface area (TPSA) is 144 Å². The summed E-state index contributed by atoms with van der Waals surface area (Å²) >= 11 is 1.09. The molecule has 0 saturated heterocycles. The Morgan fingerprint density at radius 2 is 0.974 bits per heavy atom. The molecular weight excluding hydrogens is 1150 g/mol. The summed E-state index contributed by atoms with van der Waals surface area (Å²) in [5.41, 5.74) is -11.8. The molecule has 2 unspecified atom stereocenters. The van der Waals surface area contributed by atoms with E-state index >= 15 is 0 Å². The van der Waals surface area contributed by atoms with Gasteiger partial charge in [0.15, 0.2) is 77.6 Å². The number of Topliss-reactive ketones (excluding diaryl/α,β-unsaturated/α-hetero) is 2. The van der Waals surface area contributed by atoms with Gasteiger partial charge in [-0.15, -0.1) is 24.5 Å². The predicted molar refractivity (Wildman–Crippen MR) is 245 cm³/mol. The van der Waals surface area contributed by atoms with Crippen molar-refractivity contribution in [2.24, 2.45) is 11.3 Å². The van der Waals surface area contributed by atoms with Crippen LogP contribution in [0.15, 0.2) is 97.1 Å². The number of ketones is 2. The number of hydrogen-bond donors (Lipinski definition) is 0. The van der Waals surface area contributed by atoms with E-state index in [9.17, 15) is 93.8 Å². The van der Waals surface area contributed by atoms with Crippen LogP contribution in [0.3, 0.4) is 0 Å². The first-order chi connectivity index (χ1) is 36.1. The Hall–Kier alpha value is -7.24. The third-order valence-corrected chi connectivity index (χ3v) is 15.2. The summed E-state index contributed by atoms with van der Waals surface area (Å²) in [6, 6.07) is 19.0. The minimum absolute atomic E-state index is 0.0692. The SMILES string of the molecule is COC(=O)C1(C(F)(F)F)Cc2ccccc2C1=O.COC(=O)C1Cc2ccccc2C1=O.Fc1cc2c3cc(F)c(F)cc3[s+](C(F)(F)F)c2cc1F.Fc1cc2sc3cc(F)c(F)cc3c2cc1F.O=S(=O)([O-])C(F)(F)F. The lowest BCUT2D eigenvalue weighted by molar-refractivity contribution is -0.215. The molecule has 2 aliphatic rings. The van der Waals surface area contributed by atoms with E-state index in [1.54, 1.807) is 12.1 Å². The number of fused-ring (bicyclic) bond motifs is 8. The van der Waals surface area contributed by atoms with Crippen LogP contribution >= 0.6 is 21.8 Å². The Morgan fingerprint density at radius 1 is 0.590 bits per heavy atom. The van der Waals surface area contributed by atoms with Gasteiger partial charge in [-0.2, -0.15) is 26.3 Å². The van der Waals surface area contributed by atoms with Crippen LogP contribution in [0.4, 0.5) is 74.6 Å². The third-order valence-electron chi connectivity index (χ3n) is 11.5. The average Bonchev–Trinajstić information content (AvgIpc) is 4.26. The first-order valence-corrected chi connectivity index (χ1v) is 24.5. The fourth-order valence-corrected chi connectivity index (χ4v) is 11.0. The number of halogens is 17. The molecule has 2 heterocycles. The van der Waals surface area contributed by atoms with Crippen molar-refractivity contribution in [2.75, 3.05) is 14.2 Å². The van der Waals surface area contributed by atoms with Gasteiger partial charge in [-0.25, -0.2) is 43.5 Å². The van der Waals surface area contributed by atoms with Crippen molar-refractivity contribution in [3.8, 4) is 0 Å². The van der Waals surface area contributed by atoms with Crippen molar-refractivity contribution in [3.05, 3.63) is 166 Å². The van der Waals surface area contributed by atoms with Gasteiger partial charge in [0.05, 0.1) is 25.0 Å². The van der Waals surface area contributed by atoms with Crippen LogP contribution < -0.4 is 0 Å². The van der Waals surface area contributed by atoms with Crippen LogP contribution in [0.25, 0.3) is 40.3 Å². The molecule has 0 spiro atoms. The second-order valence-corrected chi connectivity index (χ2v) is 20.6. The number of ether oxygens (including phenoxy) is 2. The van der Waals surface area contributed by atoms with E-state index in [1.165, 1.54) is 31.4 Å². The number of rotatable bonds is 2. The van der Waals surface area contributed by atoms with Crippen molar-refractivity contribution < 1.29 is 116 Å². The quantitative estimate of drug-likeness (QED) is 0.0412. The van der Waals surface area contributed by atoms with Crippen LogP contribution in [0.5, 0.6) is 0 Å². The van der Waals surface area contributed by atoms with Crippen molar-refractivity contribution in [2.45, 2.75) is 30.0 Å². The standard InChI is InChI=1S/C13H4F7S.C12H4F4S.C12H9F3O3.C11H10O3.CHF3O3S/c14-7-1-5-6-2-8(15)10(17)4-12(6)21(13(18,19)20)11(5)3-9(7)16;13-7-1-5-6-2-8(14)10(16)4-12(6)17-11(5)3-9(7)15;1-18-10(17)11(12(13,14)15)6-7-4-2-3-5-8(7)9(11)16;1-14-11(13)9-6-7-4-2-3-5-8(7)10(9)12;2-1(3,4)8(5,6)7/h1-4H;1-4H;2-5H,6H2,1H3;2-5,9H,6H2,1H3;(H,5,6,7)/q+1;;;;/p-1. The highest BCUT2D eigenvalue weighted by Gasteiger charge is 2.69. The number of hydrogen-bond acceptors (Lipinski definition) is 10.